The first-order valence-corrected chi connectivity index (χ1v) is 15.9. The maximum Gasteiger partial charge on any atom is 0.274 e. The van der Waals surface area contributed by atoms with Crippen LogP contribution < -0.4 is 10.3 Å². The molecule has 1 N–H and O–H groups in total. The fourth-order valence-corrected chi connectivity index (χ4v) is 6.58. The molecule has 5 aromatic carbocycles. The van der Waals surface area contributed by atoms with Gasteiger partial charge in [-0.3, -0.25) is 14.4 Å². The van der Waals surface area contributed by atoms with Crippen LogP contribution in [0, 0.1) is 5.92 Å². The van der Waals surface area contributed by atoms with E-state index in [9.17, 15) is 14.4 Å². The molecule has 2 atom stereocenters. The zero-order valence-corrected chi connectivity index (χ0v) is 26.8. The van der Waals surface area contributed by atoms with Gasteiger partial charge in [-0.05, 0) is 53.6 Å². The number of nitrogens with zero attached hydrogens (tertiary/aromatic N) is 2. The van der Waals surface area contributed by atoms with Crippen molar-refractivity contribution in [2.45, 2.75) is 6.04 Å². The number of rotatable bonds is 7. The van der Waals surface area contributed by atoms with Gasteiger partial charge in [0.2, 0.25) is 0 Å². The number of pyridine rings is 1. The molecule has 7 rings (SSSR count). The van der Waals surface area contributed by atoms with E-state index in [0.717, 1.165) is 15.4 Å². The minimum absolute atomic E-state index is 0.214. The number of hydrogen-bond acceptors (Lipinski definition) is 5. The van der Waals surface area contributed by atoms with Crippen molar-refractivity contribution in [2.75, 3.05) is 7.11 Å². The third kappa shape index (κ3) is 5.57. The van der Waals surface area contributed by atoms with Crippen molar-refractivity contribution in [3.63, 3.8) is 0 Å². The number of halogens is 1. The molecule has 0 unspecified atom stereocenters. The van der Waals surface area contributed by atoms with Gasteiger partial charge in [-0.15, -0.1) is 0 Å². The first-order chi connectivity index (χ1) is 22.9. The Labute approximate surface area is 279 Å². The number of aromatic nitrogens is 1. The number of carbonyl (C=O) groups is 2. The first-order valence-electron chi connectivity index (χ1n) is 15.1. The summed E-state index contributed by atoms with van der Waals surface area (Å²) in [6.07, 6.45) is 0. The molecule has 1 aliphatic rings. The quantitative estimate of drug-likeness (QED) is 0.173. The van der Waals surface area contributed by atoms with Gasteiger partial charge >= 0.3 is 0 Å². The van der Waals surface area contributed by atoms with Gasteiger partial charge in [0.25, 0.3) is 11.5 Å². The molecule has 1 aliphatic heterocycles. The van der Waals surface area contributed by atoms with Gasteiger partial charge in [0.15, 0.2) is 5.78 Å². The van der Waals surface area contributed by atoms with Crippen LogP contribution in [-0.4, -0.2) is 34.5 Å². The number of fused-ring (bicyclic) bond motifs is 1. The largest absolute Gasteiger partial charge is 0.497 e. The van der Waals surface area contributed by atoms with Crippen molar-refractivity contribution in [1.82, 2.24) is 9.99 Å². The van der Waals surface area contributed by atoms with Crippen molar-refractivity contribution in [3.8, 4) is 16.9 Å². The van der Waals surface area contributed by atoms with Crippen LogP contribution in [0.15, 0.2) is 148 Å². The Hall–Kier alpha value is -5.60. The highest BCUT2D eigenvalue weighted by molar-refractivity contribution is 9.10. The van der Waals surface area contributed by atoms with Crippen LogP contribution in [0.4, 0.5) is 0 Å². The maximum absolute atomic E-state index is 14.8. The predicted molar refractivity (Wildman–Crippen MR) is 187 cm³/mol. The lowest BCUT2D eigenvalue weighted by Crippen LogP contribution is -2.36. The van der Waals surface area contributed by atoms with Crippen LogP contribution in [0.1, 0.15) is 37.9 Å². The van der Waals surface area contributed by atoms with E-state index in [0.29, 0.717) is 33.5 Å². The maximum atomic E-state index is 14.8. The Balaban J connectivity index is 1.55. The minimum atomic E-state index is -1.02. The van der Waals surface area contributed by atoms with E-state index in [1.54, 1.807) is 67.8 Å². The average Bonchev–Trinajstić information content (AvgIpc) is 3.51. The third-order valence-corrected chi connectivity index (χ3v) is 8.90. The van der Waals surface area contributed by atoms with Gasteiger partial charge in [0.1, 0.15) is 5.75 Å². The van der Waals surface area contributed by atoms with E-state index in [2.05, 4.69) is 20.9 Å². The Morgan fingerprint density at radius 2 is 1.38 bits per heavy atom. The minimum Gasteiger partial charge on any atom is -0.497 e. The Morgan fingerprint density at radius 1 is 0.766 bits per heavy atom. The Kier molecular flexibility index (Phi) is 8.10. The smallest absolute Gasteiger partial charge is 0.274 e. The van der Waals surface area contributed by atoms with Crippen molar-refractivity contribution < 1.29 is 14.3 Å². The summed E-state index contributed by atoms with van der Waals surface area (Å²) in [5.74, 6) is -1.05. The molecule has 0 saturated carbocycles. The van der Waals surface area contributed by atoms with Gasteiger partial charge in [0, 0.05) is 32.1 Å². The zero-order valence-electron chi connectivity index (χ0n) is 25.3. The van der Waals surface area contributed by atoms with E-state index in [4.69, 9.17) is 9.84 Å². The van der Waals surface area contributed by atoms with E-state index in [-0.39, 0.29) is 17.1 Å². The summed E-state index contributed by atoms with van der Waals surface area (Å²) in [4.78, 5) is 46.4. The molecule has 0 spiro atoms. The number of carbonyl (C=O) groups excluding carboxylic acids is 2. The number of ether oxygens (including phenoxy) is 1. The molecule has 6 aromatic rings. The highest BCUT2D eigenvalue weighted by Gasteiger charge is 2.47. The van der Waals surface area contributed by atoms with Crippen LogP contribution in [-0.2, 0) is 0 Å². The number of ketones is 1. The summed E-state index contributed by atoms with van der Waals surface area (Å²) < 4.78 is 6.24. The summed E-state index contributed by atoms with van der Waals surface area (Å²) in [5, 5.41) is 7.08. The SMILES string of the molecule is COc1ccc([C@H]2[C@H](C(=O)c3ccccc3)C(c3c(-c4ccccc4)c4cc(Br)ccc4[nH]c3=O)=NN2C(=O)c2ccccc2)cc1. The molecule has 0 fully saturated rings. The van der Waals surface area contributed by atoms with E-state index >= 15 is 0 Å². The topological polar surface area (TPSA) is 91.8 Å². The van der Waals surface area contributed by atoms with Gasteiger partial charge in [0.05, 0.1) is 30.3 Å². The fraction of sp³-hybridized carbons (Fsp3) is 0.0769. The predicted octanol–water partition coefficient (Wildman–Crippen LogP) is 8.07. The fourth-order valence-electron chi connectivity index (χ4n) is 6.22. The molecule has 230 valence electrons. The summed E-state index contributed by atoms with van der Waals surface area (Å²) in [5.41, 5.74) is 3.59. The Morgan fingerprint density at radius 3 is 2.02 bits per heavy atom. The number of aromatic amines is 1. The number of benzene rings is 5. The lowest BCUT2D eigenvalue weighted by molar-refractivity contribution is 0.0666. The molecule has 1 aromatic heterocycles. The van der Waals surface area contributed by atoms with Crippen LogP contribution in [0.2, 0.25) is 0 Å². The van der Waals surface area contributed by atoms with Crippen molar-refractivity contribution >= 4 is 44.2 Å². The normalized spacial score (nSPS) is 15.8. The highest BCUT2D eigenvalue weighted by Crippen LogP contribution is 2.43. The van der Waals surface area contributed by atoms with Crippen molar-refractivity contribution in [3.05, 3.63) is 171 Å². The number of amides is 1. The number of hydrogen-bond donors (Lipinski definition) is 1. The van der Waals surface area contributed by atoms with Crippen LogP contribution in [0.3, 0.4) is 0 Å². The van der Waals surface area contributed by atoms with Crippen molar-refractivity contribution in [2.24, 2.45) is 11.0 Å². The number of Topliss-reactive ketones (excluding diaryl/α,β-unsaturated/α-hetero) is 1. The van der Waals surface area contributed by atoms with Crippen LogP contribution in [0.25, 0.3) is 22.0 Å². The number of nitrogens with one attached hydrogen (secondary N) is 1. The second-order valence-corrected chi connectivity index (χ2v) is 12.1. The van der Waals surface area contributed by atoms with Gasteiger partial charge in [-0.25, -0.2) is 5.01 Å². The average molecular weight is 683 g/mol. The summed E-state index contributed by atoms with van der Waals surface area (Å²) in [6, 6.07) is 39.3. The van der Waals surface area contributed by atoms with Gasteiger partial charge < -0.3 is 9.72 Å². The van der Waals surface area contributed by atoms with E-state index in [1.165, 1.54) is 5.01 Å². The van der Waals surface area contributed by atoms with Gasteiger partial charge in [-0.1, -0.05) is 107 Å². The van der Waals surface area contributed by atoms with E-state index < -0.39 is 23.4 Å². The van der Waals surface area contributed by atoms with Crippen LogP contribution in [0.5, 0.6) is 5.75 Å². The summed E-state index contributed by atoms with van der Waals surface area (Å²) >= 11 is 3.60. The zero-order chi connectivity index (χ0) is 32.5. The molecule has 47 heavy (non-hydrogen) atoms. The standard InChI is InChI=1S/C39H28BrN3O4/c1-47-29-20-17-25(18-21-29)36-34(37(44)26-13-7-3-8-14-26)35(42-43(36)39(46)27-15-9-4-10-16-27)33-32(24-11-5-2-6-12-24)30-23-28(40)19-22-31(30)41-38(33)45/h2-23,34,36H,1H3,(H,41,45)/t34-,36+/m1/s1. The Bertz CT molecular complexity index is 2200. The monoisotopic (exact) mass is 681 g/mol. The number of methoxy groups -OCH3 is 1. The summed E-state index contributed by atoms with van der Waals surface area (Å²) in [6.45, 7) is 0. The lowest BCUT2D eigenvalue weighted by Gasteiger charge is -2.27. The lowest BCUT2D eigenvalue weighted by atomic mass is 9.80. The molecule has 7 nitrogen and oxygen atoms in total. The molecule has 0 aliphatic carbocycles. The number of hydrazone groups is 1. The highest BCUT2D eigenvalue weighted by atomic mass is 79.9. The molecular formula is C39H28BrN3O4. The first kappa shape index (κ1) is 30.1. The molecule has 0 bridgehead atoms. The van der Waals surface area contributed by atoms with Gasteiger partial charge in [-0.2, -0.15) is 5.10 Å². The molecule has 2 heterocycles. The molecular weight excluding hydrogens is 654 g/mol. The van der Waals surface area contributed by atoms with Crippen LogP contribution >= 0.6 is 15.9 Å². The summed E-state index contributed by atoms with van der Waals surface area (Å²) in [7, 11) is 1.58. The second kappa shape index (κ2) is 12.7. The second-order valence-electron chi connectivity index (χ2n) is 11.2. The molecule has 8 heteroatoms. The number of H-pyrrole nitrogens is 1. The molecule has 0 saturated heterocycles. The third-order valence-electron chi connectivity index (χ3n) is 8.41. The van der Waals surface area contributed by atoms with E-state index in [1.807, 2.05) is 72.8 Å². The van der Waals surface area contributed by atoms with Crippen molar-refractivity contribution in [1.29, 1.82) is 0 Å². The molecule has 1 amide bonds. The molecule has 0 radical (unpaired) electrons.